The fraction of sp³-hybridized carbons (Fsp3) is 0.600. The first kappa shape index (κ1) is 21.0. The van der Waals surface area contributed by atoms with Gasteiger partial charge >= 0.3 is 11.9 Å². The summed E-state index contributed by atoms with van der Waals surface area (Å²) in [7, 11) is 0. The number of carboxylic acid groups (broad SMARTS) is 2. The minimum Gasteiger partial charge on any atom is -0.493 e. The van der Waals surface area contributed by atoms with Crippen LogP contribution in [-0.4, -0.2) is 28.8 Å². The number of ether oxygens (including phenoxy) is 1. The van der Waals surface area contributed by atoms with Crippen LogP contribution < -0.4 is 4.74 Å². The molecule has 0 aliphatic carbocycles. The molecule has 0 radical (unpaired) electrons. The van der Waals surface area contributed by atoms with E-state index >= 15 is 0 Å². The second-order valence-corrected chi connectivity index (χ2v) is 6.32. The fourth-order valence-corrected chi connectivity index (χ4v) is 2.82. The van der Waals surface area contributed by atoms with E-state index < -0.39 is 11.9 Å². The van der Waals surface area contributed by atoms with E-state index in [0.717, 1.165) is 19.3 Å². The number of benzene rings is 1. The number of carboxylic acids is 2. The molecular weight excluding hydrogens is 320 g/mol. The lowest BCUT2D eigenvalue weighted by Crippen LogP contribution is -2.11. The van der Waals surface area contributed by atoms with E-state index in [1.54, 1.807) is 0 Å². The van der Waals surface area contributed by atoms with Crippen molar-refractivity contribution in [2.24, 2.45) is 0 Å². The highest BCUT2D eigenvalue weighted by Gasteiger charge is 2.20. The van der Waals surface area contributed by atoms with Crippen molar-refractivity contribution in [3.63, 3.8) is 0 Å². The zero-order chi connectivity index (χ0) is 18.5. The quantitative estimate of drug-likeness (QED) is 0.440. The third-order valence-electron chi connectivity index (χ3n) is 4.23. The molecule has 0 unspecified atom stereocenters. The lowest BCUT2D eigenvalue weighted by Gasteiger charge is -2.11. The predicted octanol–water partition coefficient (Wildman–Crippen LogP) is 5.38. The Kier molecular flexibility index (Phi) is 10.4. The van der Waals surface area contributed by atoms with Crippen LogP contribution in [0.4, 0.5) is 0 Å². The molecular formula is C20H30O5. The topological polar surface area (TPSA) is 83.8 Å². The standard InChI is InChI=1S/C20H30O5/c1-2-3-4-5-6-7-8-9-10-11-15-25-17-14-12-13-16(19(21)22)18(17)20(23)24/h12-14H,2-11,15H2,1H3,(H,21,22)(H,23,24). The zero-order valence-corrected chi connectivity index (χ0v) is 15.1. The summed E-state index contributed by atoms with van der Waals surface area (Å²) in [4.78, 5) is 22.4. The maximum absolute atomic E-state index is 11.3. The van der Waals surface area contributed by atoms with Gasteiger partial charge in [-0.3, -0.25) is 0 Å². The van der Waals surface area contributed by atoms with Gasteiger partial charge in [0.05, 0.1) is 12.2 Å². The first-order valence-electron chi connectivity index (χ1n) is 9.30. The van der Waals surface area contributed by atoms with Crippen molar-refractivity contribution >= 4 is 11.9 Å². The Morgan fingerprint density at radius 1 is 0.840 bits per heavy atom. The third kappa shape index (κ3) is 8.05. The lowest BCUT2D eigenvalue weighted by atomic mass is 10.1. The largest absolute Gasteiger partial charge is 0.493 e. The Hall–Kier alpha value is -2.04. The third-order valence-corrected chi connectivity index (χ3v) is 4.23. The molecule has 0 aromatic heterocycles. The molecule has 0 saturated carbocycles. The summed E-state index contributed by atoms with van der Waals surface area (Å²) < 4.78 is 5.52. The van der Waals surface area contributed by atoms with Crippen LogP contribution in [0.3, 0.4) is 0 Å². The molecule has 0 aliphatic rings. The average molecular weight is 350 g/mol. The number of aromatic carboxylic acids is 2. The Morgan fingerprint density at radius 2 is 1.40 bits per heavy atom. The molecule has 140 valence electrons. The van der Waals surface area contributed by atoms with E-state index in [0.29, 0.717) is 6.61 Å². The van der Waals surface area contributed by atoms with E-state index in [1.165, 1.54) is 63.1 Å². The minimum atomic E-state index is -1.28. The summed E-state index contributed by atoms with van der Waals surface area (Å²) in [6.07, 6.45) is 12.1. The van der Waals surface area contributed by atoms with Gasteiger partial charge in [-0.1, -0.05) is 70.8 Å². The summed E-state index contributed by atoms with van der Waals surface area (Å²) >= 11 is 0. The van der Waals surface area contributed by atoms with Crippen LogP contribution in [0.1, 0.15) is 91.8 Å². The van der Waals surface area contributed by atoms with E-state index in [-0.39, 0.29) is 16.9 Å². The van der Waals surface area contributed by atoms with Gasteiger partial charge in [-0.2, -0.15) is 0 Å². The van der Waals surface area contributed by atoms with Crippen LogP contribution in [0, 0.1) is 0 Å². The number of rotatable bonds is 14. The molecule has 0 spiro atoms. The van der Waals surface area contributed by atoms with Crippen LogP contribution in [0.5, 0.6) is 5.75 Å². The van der Waals surface area contributed by atoms with Crippen LogP contribution in [-0.2, 0) is 0 Å². The second kappa shape index (κ2) is 12.3. The van der Waals surface area contributed by atoms with Gasteiger partial charge < -0.3 is 14.9 Å². The van der Waals surface area contributed by atoms with Gasteiger partial charge in [-0.25, -0.2) is 9.59 Å². The molecule has 2 N–H and O–H groups in total. The molecule has 25 heavy (non-hydrogen) atoms. The van der Waals surface area contributed by atoms with Crippen LogP contribution in [0.25, 0.3) is 0 Å². The molecule has 5 nitrogen and oxygen atoms in total. The maximum atomic E-state index is 11.3. The molecule has 0 atom stereocenters. The van der Waals surface area contributed by atoms with Gasteiger partial charge in [-0.15, -0.1) is 0 Å². The zero-order valence-electron chi connectivity index (χ0n) is 15.1. The number of carbonyl (C=O) groups is 2. The van der Waals surface area contributed by atoms with Crippen molar-refractivity contribution in [3.05, 3.63) is 29.3 Å². The Labute approximate surface area is 150 Å². The van der Waals surface area contributed by atoms with Crippen molar-refractivity contribution in [1.82, 2.24) is 0 Å². The van der Waals surface area contributed by atoms with Crippen molar-refractivity contribution in [2.75, 3.05) is 6.61 Å². The summed E-state index contributed by atoms with van der Waals surface area (Å²) in [6, 6.07) is 4.29. The minimum absolute atomic E-state index is 0.128. The van der Waals surface area contributed by atoms with Crippen molar-refractivity contribution in [3.8, 4) is 5.75 Å². The molecule has 0 fully saturated rings. The van der Waals surface area contributed by atoms with Gasteiger partial charge in [0.25, 0.3) is 0 Å². The number of hydrogen-bond donors (Lipinski definition) is 2. The van der Waals surface area contributed by atoms with Crippen LogP contribution >= 0.6 is 0 Å². The van der Waals surface area contributed by atoms with Crippen LogP contribution in [0.2, 0.25) is 0 Å². The number of hydrogen-bond acceptors (Lipinski definition) is 3. The number of unbranched alkanes of at least 4 members (excludes halogenated alkanes) is 9. The summed E-state index contributed by atoms with van der Waals surface area (Å²) in [5.74, 6) is -2.42. The highest BCUT2D eigenvalue weighted by atomic mass is 16.5. The van der Waals surface area contributed by atoms with Gasteiger partial charge in [0.1, 0.15) is 11.3 Å². The van der Waals surface area contributed by atoms with Crippen molar-refractivity contribution in [1.29, 1.82) is 0 Å². The summed E-state index contributed by atoms with van der Waals surface area (Å²) in [5.41, 5.74) is -0.518. The Bertz CT molecular complexity index is 539. The normalized spacial score (nSPS) is 10.6. The molecule has 0 bridgehead atoms. The Balaban J connectivity index is 2.25. The molecule has 0 aliphatic heterocycles. The highest BCUT2D eigenvalue weighted by molar-refractivity contribution is 6.03. The van der Waals surface area contributed by atoms with Crippen molar-refractivity contribution in [2.45, 2.75) is 71.1 Å². The van der Waals surface area contributed by atoms with E-state index in [1.807, 2.05) is 0 Å². The van der Waals surface area contributed by atoms with Gasteiger partial charge in [0.15, 0.2) is 0 Å². The molecule has 5 heteroatoms. The lowest BCUT2D eigenvalue weighted by molar-refractivity contribution is 0.0647. The highest BCUT2D eigenvalue weighted by Crippen LogP contribution is 2.23. The van der Waals surface area contributed by atoms with E-state index in [2.05, 4.69) is 6.92 Å². The monoisotopic (exact) mass is 350 g/mol. The molecule has 0 amide bonds. The molecule has 1 aromatic rings. The maximum Gasteiger partial charge on any atom is 0.340 e. The molecule has 1 aromatic carbocycles. The first-order valence-corrected chi connectivity index (χ1v) is 9.30. The molecule has 0 heterocycles. The van der Waals surface area contributed by atoms with Crippen molar-refractivity contribution < 1.29 is 24.5 Å². The molecule has 0 saturated heterocycles. The van der Waals surface area contributed by atoms with Crippen LogP contribution in [0.15, 0.2) is 18.2 Å². The smallest absolute Gasteiger partial charge is 0.340 e. The van der Waals surface area contributed by atoms with Gasteiger partial charge in [0, 0.05) is 0 Å². The first-order chi connectivity index (χ1) is 12.1. The average Bonchev–Trinajstić information content (AvgIpc) is 2.59. The predicted molar refractivity (Wildman–Crippen MR) is 97.7 cm³/mol. The van der Waals surface area contributed by atoms with Gasteiger partial charge in [0.2, 0.25) is 0 Å². The van der Waals surface area contributed by atoms with E-state index in [9.17, 15) is 14.7 Å². The summed E-state index contributed by atoms with van der Waals surface area (Å²) in [5, 5.41) is 18.3. The van der Waals surface area contributed by atoms with E-state index in [4.69, 9.17) is 9.84 Å². The fourth-order valence-electron chi connectivity index (χ4n) is 2.82. The summed E-state index contributed by atoms with van der Waals surface area (Å²) in [6.45, 7) is 2.62. The Morgan fingerprint density at radius 3 is 1.92 bits per heavy atom. The van der Waals surface area contributed by atoms with Gasteiger partial charge in [-0.05, 0) is 18.6 Å². The second-order valence-electron chi connectivity index (χ2n) is 6.32. The molecule has 1 rings (SSSR count). The SMILES string of the molecule is CCCCCCCCCCCCOc1cccc(C(=O)O)c1C(=O)O.